The number of piperazine rings is 1. The van der Waals surface area contributed by atoms with Crippen LogP contribution in [0.1, 0.15) is 47.0 Å². The number of carbonyl (C=O) groups is 2. The van der Waals surface area contributed by atoms with Crippen molar-refractivity contribution in [3.63, 3.8) is 0 Å². The Labute approximate surface area is 114 Å². The van der Waals surface area contributed by atoms with Gasteiger partial charge in [0.25, 0.3) is 0 Å². The highest BCUT2D eigenvalue weighted by Crippen LogP contribution is 2.27. The van der Waals surface area contributed by atoms with E-state index in [0.29, 0.717) is 19.3 Å². The van der Waals surface area contributed by atoms with Crippen molar-refractivity contribution >= 4 is 11.8 Å². The van der Waals surface area contributed by atoms with Gasteiger partial charge in [0.05, 0.1) is 0 Å². The summed E-state index contributed by atoms with van der Waals surface area (Å²) >= 11 is 0. The molecule has 110 valence electrons. The van der Waals surface area contributed by atoms with Crippen LogP contribution in [0.25, 0.3) is 0 Å². The lowest BCUT2D eigenvalue weighted by Gasteiger charge is -2.45. The highest BCUT2D eigenvalue weighted by atomic mass is 19.1. The molecule has 4 nitrogen and oxygen atoms in total. The quantitative estimate of drug-likeness (QED) is 0.802. The van der Waals surface area contributed by atoms with Gasteiger partial charge < -0.3 is 10.2 Å². The predicted molar refractivity (Wildman–Crippen MR) is 72.4 cm³/mol. The predicted octanol–water partition coefficient (Wildman–Crippen LogP) is 1.89. The minimum atomic E-state index is -0.847. The zero-order chi connectivity index (χ0) is 14.6. The normalized spacial score (nSPS) is 22.8. The van der Waals surface area contributed by atoms with Gasteiger partial charge >= 0.3 is 0 Å². The van der Waals surface area contributed by atoms with E-state index < -0.39 is 18.3 Å². The molecule has 0 aromatic carbocycles. The van der Waals surface area contributed by atoms with Crippen LogP contribution in [0.3, 0.4) is 0 Å². The highest BCUT2D eigenvalue weighted by Gasteiger charge is 2.48. The van der Waals surface area contributed by atoms with Crippen LogP contribution in [0, 0.1) is 5.92 Å². The van der Waals surface area contributed by atoms with E-state index in [-0.39, 0.29) is 24.3 Å². The van der Waals surface area contributed by atoms with Crippen LogP contribution in [0.4, 0.5) is 4.39 Å². The van der Waals surface area contributed by atoms with Gasteiger partial charge in [-0.15, -0.1) is 0 Å². The molecule has 1 aliphatic rings. The molecule has 0 aromatic heterocycles. The third-order valence-electron chi connectivity index (χ3n) is 3.94. The molecule has 1 atom stereocenters. The Morgan fingerprint density at radius 2 is 1.89 bits per heavy atom. The van der Waals surface area contributed by atoms with Gasteiger partial charge in [0.2, 0.25) is 11.8 Å². The lowest BCUT2D eigenvalue weighted by atomic mass is 9.85. The highest BCUT2D eigenvalue weighted by molar-refractivity contribution is 5.99. The zero-order valence-electron chi connectivity index (χ0n) is 12.3. The van der Waals surface area contributed by atoms with Gasteiger partial charge in [0, 0.05) is 6.54 Å². The van der Waals surface area contributed by atoms with E-state index >= 15 is 0 Å². The summed E-state index contributed by atoms with van der Waals surface area (Å²) < 4.78 is 12.7. The topological polar surface area (TPSA) is 49.4 Å². The van der Waals surface area contributed by atoms with E-state index in [1.807, 2.05) is 27.7 Å². The van der Waals surface area contributed by atoms with E-state index in [9.17, 15) is 14.0 Å². The Kier molecular flexibility index (Phi) is 5.32. The van der Waals surface area contributed by atoms with Gasteiger partial charge in [-0.2, -0.15) is 0 Å². The maximum absolute atomic E-state index is 12.7. The monoisotopic (exact) mass is 272 g/mol. The first kappa shape index (κ1) is 15.9. The zero-order valence-corrected chi connectivity index (χ0v) is 12.3. The molecule has 1 fully saturated rings. The molecular formula is C14H25FN2O2. The van der Waals surface area contributed by atoms with Crippen LogP contribution >= 0.6 is 0 Å². The summed E-state index contributed by atoms with van der Waals surface area (Å²) in [7, 11) is 0. The van der Waals surface area contributed by atoms with Crippen molar-refractivity contribution in [2.24, 2.45) is 5.92 Å². The maximum atomic E-state index is 12.7. The molecule has 0 aromatic rings. The van der Waals surface area contributed by atoms with Gasteiger partial charge in [-0.05, 0) is 25.2 Å². The second-order valence-electron chi connectivity index (χ2n) is 5.61. The first-order chi connectivity index (χ1) is 8.91. The minimum Gasteiger partial charge on any atom is -0.340 e. The fourth-order valence-electron chi connectivity index (χ4n) is 2.69. The molecule has 0 radical (unpaired) electrons. The molecule has 1 N–H and O–H groups in total. The van der Waals surface area contributed by atoms with Gasteiger partial charge in [-0.1, -0.05) is 27.7 Å². The molecule has 5 heteroatoms. The Balaban J connectivity index is 3.05. The molecule has 1 saturated heterocycles. The standard InChI is InChI=1S/C14H25FN2O2/c1-5-14(6-2)13(19)17(8-7-15)11(9-10(3)4)12(18)16-14/h10-11H,5-9H2,1-4H3,(H,16,18). The Bertz CT molecular complexity index is 340. The summed E-state index contributed by atoms with van der Waals surface area (Å²) in [4.78, 5) is 26.3. The van der Waals surface area contributed by atoms with E-state index in [4.69, 9.17) is 0 Å². The van der Waals surface area contributed by atoms with Gasteiger partial charge in [0.1, 0.15) is 18.3 Å². The van der Waals surface area contributed by atoms with Gasteiger partial charge in [-0.25, -0.2) is 4.39 Å². The summed E-state index contributed by atoms with van der Waals surface area (Å²) in [6, 6.07) is -0.533. The molecule has 0 spiro atoms. The first-order valence-electron chi connectivity index (χ1n) is 7.10. The van der Waals surface area contributed by atoms with Crippen LogP contribution in [0.2, 0.25) is 0 Å². The molecular weight excluding hydrogens is 247 g/mol. The fourth-order valence-corrected chi connectivity index (χ4v) is 2.69. The van der Waals surface area contributed by atoms with Crippen molar-refractivity contribution < 1.29 is 14.0 Å². The Morgan fingerprint density at radius 1 is 1.32 bits per heavy atom. The summed E-state index contributed by atoms with van der Waals surface area (Å²) in [6.07, 6.45) is 1.64. The number of alkyl halides is 1. The SMILES string of the molecule is CCC1(CC)NC(=O)C(CC(C)C)N(CCF)C1=O. The molecule has 0 bridgehead atoms. The van der Waals surface area contributed by atoms with E-state index in [1.165, 1.54) is 4.90 Å². The lowest BCUT2D eigenvalue weighted by molar-refractivity contribution is -0.156. The number of amides is 2. The van der Waals surface area contributed by atoms with Crippen molar-refractivity contribution in [3.05, 3.63) is 0 Å². The number of nitrogens with one attached hydrogen (secondary N) is 1. The van der Waals surface area contributed by atoms with Crippen molar-refractivity contribution in [1.29, 1.82) is 0 Å². The molecule has 1 aliphatic heterocycles. The Morgan fingerprint density at radius 3 is 2.32 bits per heavy atom. The first-order valence-corrected chi connectivity index (χ1v) is 7.10. The van der Waals surface area contributed by atoms with Crippen LogP contribution in [-0.2, 0) is 9.59 Å². The number of nitrogens with zero attached hydrogens (tertiary/aromatic N) is 1. The van der Waals surface area contributed by atoms with Crippen LogP contribution in [0.5, 0.6) is 0 Å². The second-order valence-corrected chi connectivity index (χ2v) is 5.61. The minimum absolute atomic E-state index is 0.00535. The number of rotatable bonds is 6. The van der Waals surface area contributed by atoms with Gasteiger partial charge in [0.15, 0.2) is 0 Å². The third kappa shape index (κ3) is 3.07. The molecule has 1 unspecified atom stereocenters. The average Bonchev–Trinajstić information content (AvgIpc) is 2.37. The Hall–Kier alpha value is -1.13. The molecule has 19 heavy (non-hydrogen) atoms. The molecule has 2 amide bonds. The largest absolute Gasteiger partial charge is 0.340 e. The number of halogens is 1. The van der Waals surface area contributed by atoms with Crippen molar-refractivity contribution in [2.45, 2.75) is 58.5 Å². The molecule has 0 saturated carbocycles. The molecule has 0 aliphatic carbocycles. The summed E-state index contributed by atoms with van der Waals surface area (Å²) in [5, 5.41) is 2.87. The maximum Gasteiger partial charge on any atom is 0.249 e. The van der Waals surface area contributed by atoms with E-state index in [0.717, 1.165) is 0 Å². The number of carbonyl (C=O) groups excluding carboxylic acids is 2. The number of hydrogen-bond donors (Lipinski definition) is 1. The van der Waals surface area contributed by atoms with Crippen molar-refractivity contribution in [2.75, 3.05) is 13.2 Å². The summed E-state index contributed by atoms with van der Waals surface area (Å²) in [6.45, 7) is 7.12. The second kappa shape index (κ2) is 6.35. The summed E-state index contributed by atoms with van der Waals surface area (Å²) in [5.41, 5.74) is -0.847. The van der Waals surface area contributed by atoms with Gasteiger partial charge in [-0.3, -0.25) is 9.59 Å². The average molecular weight is 272 g/mol. The lowest BCUT2D eigenvalue weighted by Crippen LogP contribution is -2.70. The number of hydrogen-bond acceptors (Lipinski definition) is 2. The van der Waals surface area contributed by atoms with E-state index in [2.05, 4.69) is 5.32 Å². The molecule has 1 heterocycles. The van der Waals surface area contributed by atoms with Crippen molar-refractivity contribution in [3.8, 4) is 0 Å². The third-order valence-corrected chi connectivity index (χ3v) is 3.94. The van der Waals surface area contributed by atoms with Crippen LogP contribution < -0.4 is 5.32 Å². The van der Waals surface area contributed by atoms with Crippen molar-refractivity contribution in [1.82, 2.24) is 10.2 Å². The van der Waals surface area contributed by atoms with Crippen LogP contribution in [0.15, 0.2) is 0 Å². The van der Waals surface area contributed by atoms with E-state index in [1.54, 1.807) is 0 Å². The van der Waals surface area contributed by atoms with Crippen LogP contribution in [-0.4, -0.2) is 41.5 Å². The smallest absolute Gasteiger partial charge is 0.249 e. The molecule has 1 rings (SSSR count). The fraction of sp³-hybridized carbons (Fsp3) is 0.857. The summed E-state index contributed by atoms with van der Waals surface area (Å²) in [5.74, 6) is -0.00716.